The zero-order valence-electron chi connectivity index (χ0n) is 17.0. The zero-order chi connectivity index (χ0) is 22.1. The SMILES string of the molecule is CCCCNS(=O)(=O)c1ccc(OCC(=O)Nc2cc(OC)ccc2OC)c(Cl)c1. The highest BCUT2D eigenvalue weighted by molar-refractivity contribution is 7.89. The highest BCUT2D eigenvalue weighted by atomic mass is 35.5. The lowest BCUT2D eigenvalue weighted by molar-refractivity contribution is -0.118. The van der Waals surface area contributed by atoms with E-state index in [9.17, 15) is 13.2 Å². The van der Waals surface area contributed by atoms with Gasteiger partial charge in [0.1, 0.15) is 17.2 Å². The van der Waals surface area contributed by atoms with E-state index in [4.69, 9.17) is 25.8 Å². The molecule has 2 rings (SSSR count). The number of hydrogen-bond donors (Lipinski definition) is 2. The normalized spacial score (nSPS) is 11.1. The lowest BCUT2D eigenvalue weighted by atomic mass is 10.2. The van der Waals surface area contributed by atoms with Crippen LogP contribution >= 0.6 is 11.6 Å². The van der Waals surface area contributed by atoms with Crippen molar-refractivity contribution < 1.29 is 27.4 Å². The van der Waals surface area contributed by atoms with Crippen LogP contribution in [0.4, 0.5) is 5.69 Å². The van der Waals surface area contributed by atoms with Crippen LogP contribution in [0.3, 0.4) is 0 Å². The number of amides is 1. The van der Waals surface area contributed by atoms with Crippen molar-refractivity contribution in [2.45, 2.75) is 24.7 Å². The molecule has 1 amide bonds. The second-order valence-electron chi connectivity index (χ2n) is 6.25. The van der Waals surface area contributed by atoms with Crippen molar-refractivity contribution in [1.82, 2.24) is 4.72 Å². The molecule has 0 spiro atoms. The lowest BCUT2D eigenvalue weighted by Gasteiger charge is -2.13. The molecule has 0 bridgehead atoms. The molecule has 0 fully saturated rings. The summed E-state index contributed by atoms with van der Waals surface area (Å²) in [6.45, 7) is 1.99. The molecule has 0 saturated heterocycles. The molecule has 0 aliphatic rings. The van der Waals surface area contributed by atoms with Crippen molar-refractivity contribution in [2.75, 3.05) is 32.7 Å². The number of nitrogens with one attached hydrogen (secondary N) is 2. The molecule has 0 unspecified atom stereocenters. The average Bonchev–Trinajstić information content (AvgIpc) is 2.72. The van der Waals surface area contributed by atoms with Gasteiger partial charge in [-0.25, -0.2) is 13.1 Å². The molecule has 0 heterocycles. The van der Waals surface area contributed by atoms with Crippen LogP contribution in [0.1, 0.15) is 19.8 Å². The second kappa shape index (κ2) is 11.1. The highest BCUT2D eigenvalue weighted by Gasteiger charge is 2.16. The van der Waals surface area contributed by atoms with Gasteiger partial charge < -0.3 is 19.5 Å². The van der Waals surface area contributed by atoms with Crippen LogP contribution in [0.2, 0.25) is 5.02 Å². The average molecular weight is 457 g/mol. The quantitative estimate of drug-likeness (QED) is 0.502. The monoisotopic (exact) mass is 456 g/mol. The summed E-state index contributed by atoms with van der Waals surface area (Å²) in [4.78, 5) is 12.3. The Labute approximate surface area is 181 Å². The Balaban J connectivity index is 2.02. The van der Waals surface area contributed by atoms with Crippen LogP contribution in [-0.4, -0.2) is 41.7 Å². The van der Waals surface area contributed by atoms with E-state index in [0.29, 0.717) is 23.7 Å². The summed E-state index contributed by atoms with van der Waals surface area (Å²) in [5.74, 6) is 0.763. The van der Waals surface area contributed by atoms with Gasteiger partial charge in [0, 0.05) is 12.6 Å². The predicted octanol–water partition coefficient (Wildman–Crippen LogP) is 3.45. The minimum Gasteiger partial charge on any atom is -0.497 e. The number of ether oxygens (including phenoxy) is 3. The molecule has 0 saturated carbocycles. The van der Waals surface area contributed by atoms with Gasteiger partial charge in [0.15, 0.2) is 6.61 Å². The number of sulfonamides is 1. The topological polar surface area (TPSA) is 103 Å². The first-order chi connectivity index (χ1) is 14.3. The van der Waals surface area contributed by atoms with E-state index < -0.39 is 15.9 Å². The van der Waals surface area contributed by atoms with Gasteiger partial charge in [-0.3, -0.25) is 4.79 Å². The second-order valence-corrected chi connectivity index (χ2v) is 8.42. The van der Waals surface area contributed by atoms with Crippen molar-refractivity contribution in [1.29, 1.82) is 0 Å². The molecule has 164 valence electrons. The largest absolute Gasteiger partial charge is 0.497 e. The molecular weight excluding hydrogens is 432 g/mol. The number of hydrogen-bond acceptors (Lipinski definition) is 6. The van der Waals surface area contributed by atoms with Crippen molar-refractivity contribution in [3.05, 3.63) is 41.4 Å². The number of methoxy groups -OCH3 is 2. The fourth-order valence-corrected chi connectivity index (χ4v) is 3.87. The summed E-state index contributed by atoms with van der Waals surface area (Å²) in [7, 11) is -0.651. The number of halogens is 1. The zero-order valence-corrected chi connectivity index (χ0v) is 18.6. The highest BCUT2D eigenvalue weighted by Crippen LogP contribution is 2.30. The summed E-state index contributed by atoms with van der Waals surface area (Å²) < 4.78 is 42.8. The summed E-state index contributed by atoms with van der Waals surface area (Å²) in [5.41, 5.74) is 0.427. The maximum atomic E-state index is 12.3. The van der Waals surface area contributed by atoms with E-state index >= 15 is 0 Å². The molecule has 2 N–H and O–H groups in total. The Morgan fingerprint density at radius 3 is 2.43 bits per heavy atom. The Hall–Kier alpha value is -2.49. The van der Waals surface area contributed by atoms with Crippen LogP contribution in [0.5, 0.6) is 17.2 Å². The van der Waals surface area contributed by atoms with Gasteiger partial charge >= 0.3 is 0 Å². The molecule has 0 aliphatic carbocycles. The van der Waals surface area contributed by atoms with Crippen LogP contribution in [0.15, 0.2) is 41.3 Å². The van der Waals surface area contributed by atoms with Crippen LogP contribution in [0, 0.1) is 0 Å². The van der Waals surface area contributed by atoms with E-state index in [-0.39, 0.29) is 22.3 Å². The summed E-state index contributed by atoms with van der Waals surface area (Å²) >= 11 is 6.14. The molecule has 8 nitrogen and oxygen atoms in total. The van der Waals surface area contributed by atoms with Gasteiger partial charge in [-0.1, -0.05) is 24.9 Å². The van der Waals surface area contributed by atoms with Gasteiger partial charge in [-0.05, 0) is 36.8 Å². The molecule has 0 aromatic heterocycles. The minimum atomic E-state index is -3.65. The number of anilines is 1. The Bertz CT molecular complexity index is 981. The van der Waals surface area contributed by atoms with Crippen molar-refractivity contribution in [3.63, 3.8) is 0 Å². The van der Waals surface area contributed by atoms with Gasteiger partial charge in [-0.15, -0.1) is 0 Å². The number of unbranched alkanes of at least 4 members (excludes halogenated alkanes) is 1. The van der Waals surface area contributed by atoms with Crippen molar-refractivity contribution >= 4 is 33.2 Å². The Morgan fingerprint density at radius 1 is 1.07 bits per heavy atom. The lowest BCUT2D eigenvalue weighted by Crippen LogP contribution is -2.24. The van der Waals surface area contributed by atoms with Crippen LogP contribution in [0.25, 0.3) is 0 Å². The fourth-order valence-electron chi connectivity index (χ4n) is 2.47. The van der Waals surface area contributed by atoms with E-state index in [2.05, 4.69) is 10.0 Å². The fraction of sp³-hybridized carbons (Fsp3) is 0.350. The Morgan fingerprint density at radius 2 is 1.80 bits per heavy atom. The number of rotatable bonds is 11. The molecule has 2 aromatic carbocycles. The number of carbonyl (C=O) groups is 1. The van der Waals surface area contributed by atoms with E-state index in [0.717, 1.165) is 12.8 Å². The Kier molecular flexibility index (Phi) is 8.76. The first-order valence-electron chi connectivity index (χ1n) is 9.24. The summed E-state index contributed by atoms with van der Waals surface area (Å²) in [6.07, 6.45) is 1.61. The van der Waals surface area contributed by atoms with Gasteiger partial charge in [0.05, 0.1) is 29.8 Å². The maximum Gasteiger partial charge on any atom is 0.262 e. The third-order valence-corrected chi connectivity index (χ3v) is 5.83. The van der Waals surface area contributed by atoms with Crippen LogP contribution < -0.4 is 24.2 Å². The molecular formula is C20H25ClN2O6S. The minimum absolute atomic E-state index is 0.0292. The van der Waals surface area contributed by atoms with Gasteiger partial charge in [0.2, 0.25) is 10.0 Å². The van der Waals surface area contributed by atoms with Gasteiger partial charge in [-0.2, -0.15) is 0 Å². The molecule has 0 radical (unpaired) electrons. The third kappa shape index (κ3) is 6.51. The maximum absolute atomic E-state index is 12.3. The van der Waals surface area contributed by atoms with E-state index in [1.165, 1.54) is 32.4 Å². The third-order valence-electron chi connectivity index (χ3n) is 4.08. The summed E-state index contributed by atoms with van der Waals surface area (Å²) in [5, 5.41) is 2.76. The number of carbonyl (C=O) groups excluding carboxylic acids is 1. The number of benzene rings is 2. The summed E-state index contributed by atoms with van der Waals surface area (Å²) in [6, 6.07) is 9.06. The first kappa shape index (κ1) is 23.8. The molecule has 2 aromatic rings. The molecule has 30 heavy (non-hydrogen) atoms. The smallest absolute Gasteiger partial charge is 0.262 e. The standard InChI is InChI=1S/C20H25ClN2O6S/c1-4-5-10-22-30(25,26)15-7-9-18(16(21)12-15)29-13-20(24)23-17-11-14(27-2)6-8-19(17)28-3/h6-9,11-12,22H,4-5,10,13H2,1-3H3,(H,23,24). The first-order valence-corrected chi connectivity index (χ1v) is 11.1. The predicted molar refractivity (Wildman–Crippen MR) is 115 cm³/mol. The molecule has 0 atom stereocenters. The van der Waals surface area contributed by atoms with Gasteiger partial charge in [0.25, 0.3) is 5.91 Å². The van der Waals surface area contributed by atoms with E-state index in [1.807, 2.05) is 6.92 Å². The molecule has 10 heteroatoms. The van der Waals surface area contributed by atoms with E-state index in [1.54, 1.807) is 18.2 Å². The van der Waals surface area contributed by atoms with Crippen molar-refractivity contribution in [3.8, 4) is 17.2 Å². The van der Waals surface area contributed by atoms with Crippen molar-refractivity contribution in [2.24, 2.45) is 0 Å². The van der Waals surface area contributed by atoms with Crippen LogP contribution in [-0.2, 0) is 14.8 Å². The molecule has 0 aliphatic heterocycles.